The standard InChI is InChI=1S/C18H24FNO2/c1-12(17-10-13-5-6-14(17)9-13)20-18(21)7-8-22-16-4-2-3-15(19)11-16/h2-4,11-14,17H,5-10H2,1H3,(H,20,21)/t12-,13-,14-,17+/m0/s1. The monoisotopic (exact) mass is 305 g/mol. The highest BCUT2D eigenvalue weighted by molar-refractivity contribution is 5.76. The van der Waals surface area contributed by atoms with Crippen LogP contribution in [0.25, 0.3) is 0 Å². The van der Waals surface area contributed by atoms with Gasteiger partial charge in [-0.25, -0.2) is 4.39 Å². The molecule has 1 aromatic rings. The molecule has 2 bridgehead atoms. The van der Waals surface area contributed by atoms with Crippen LogP contribution in [-0.2, 0) is 4.79 Å². The fourth-order valence-corrected chi connectivity index (χ4v) is 4.16. The molecule has 4 atom stereocenters. The van der Waals surface area contributed by atoms with Crippen molar-refractivity contribution in [1.29, 1.82) is 0 Å². The average molecular weight is 305 g/mol. The van der Waals surface area contributed by atoms with E-state index in [1.54, 1.807) is 12.1 Å². The maximum atomic E-state index is 13.0. The lowest BCUT2D eigenvalue weighted by molar-refractivity contribution is -0.122. The third-order valence-electron chi connectivity index (χ3n) is 5.22. The first kappa shape index (κ1) is 15.3. The summed E-state index contributed by atoms with van der Waals surface area (Å²) >= 11 is 0. The van der Waals surface area contributed by atoms with Gasteiger partial charge in [-0.1, -0.05) is 12.5 Å². The number of carbonyl (C=O) groups excluding carboxylic acids is 1. The fourth-order valence-electron chi connectivity index (χ4n) is 4.16. The molecule has 1 amide bonds. The third kappa shape index (κ3) is 3.60. The van der Waals surface area contributed by atoms with Crippen molar-refractivity contribution in [3.63, 3.8) is 0 Å². The topological polar surface area (TPSA) is 38.3 Å². The minimum absolute atomic E-state index is 0.0201. The van der Waals surface area contributed by atoms with Crippen LogP contribution in [0.5, 0.6) is 5.75 Å². The Morgan fingerprint density at radius 3 is 2.95 bits per heavy atom. The second kappa shape index (κ2) is 6.67. The van der Waals surface area contributed by atoms with E-state index in [0.717, 1.165) is 11.8 Å². The first-order valence-corrected chi connectivity index (χ1v) is 8.29. The van der Waals surface area contributed by atoms with Gasteiger partial charge in [0.05, 0.1) is 13.0 Å². The van der Waals surface area contributed by atoms with E-state index in [1.807, 2.05) is 0 Å². The Labute approximate surface area is 131 Å². The summed E-state index contributed by atoms with van der Waals surface area (Å²) in [5.74, 6) is 2.51. The molecule has 2 aliphatic rings. The number of fused-ring (bicyclic) bond motifs is 2. The number of ether oxygens (including phenoxy) is 1. The molecule has 0 heterocycles. The van der Waals surface area contributed by atoms with E-state index >= 15 is 0 Å². The largest absolute Gasteiger partial charge is 0.493 e. The predicted octanol–water partition coefficient (Wildman–Crippen LogP) is 3.54. The molecule has 120 valence electrons. The smallest absolute Gasteiger partial charge is 0.223 e. The van der Waals surface area contributed by atoms with Gasteiger partial charge in [0.1, 0.15) is 11.6 Å². The van der Waals surface area contributed by atoms with E-state index in [9.17, 15) is 9.18 Å². The second-order valence-electron chi connectivity index (χ2n) is 6.75. The van der Waals surface area contributed by atoms with Gasteiger partial charge in [-0.05, 0) is 56.1 Å². The SMILES string of the molecule is C[C@H](NC(=O)CCOc1cccc(F)c1)[C@H]1C[C@H]2CC[C@H]1C2. The Morgan fingerprint density at radius 2 is 2.27 bits per heavy atom. The number of nitrogens with one attached hydrogen (secondary N) is 1. The molecule has 22 heavy (non-hydrogen) atoms. The lowest BCUT2D eigenvalue weighted by atomic mass is 9.84. The molecule has 0 aromatic heterocycles. The first-order valence-electron chi connectivity index (χ1n) is 8.29. The average Bonchev–Trinajstić information content (AvgIpc) is 3.10. The number of halogens is 1. The Bertz CT molecular complexity index is 534. The zero-order valence-corrected chi connectivity index (χ0v) is 13.1. The molecular formula is C18H24FNO2. The van der Waals surface area contributed by atoms with Gasteiger partial charge >= 0.3 is 0 Å². The van der Waals surface area contributed by atoms with Crippen molar-refractivity contribution in [1.82, 2.24) is 5.32 Å². The van der Waals surface area contributed by atoms with E-state index in [4.69, 9.17) is 4.74 Å². The summed E-state index contributed by atoms with van der Waals surface area (Å²) in [5, 5.41) is 3.11. The van der Waals surface area contributed by atoms with Crippen LogP contribution >= 0.6 is 0 Å². The molecule has 3 nitrogen and oxygen atoms in total. The van der Waals surface area contributed by atoms with E-state index in [1.165, 1.54) is 37.8 Å². The van der Waals surface area contributed by atoms with Crippen molar-refractivity contribution in [2.24, 2.45) is 17.8 Å². The van der Waals surface area contributed by atoms with Gasteiger partial charge in [-0.2, -0.15) is 0 Å². The highest BCUT2D eigenvalue weighted by Crippen LogP contribution is 2.49. The van der Waals surface area contributed by atoms with Crippen LogP contribution in [0.15, 0.2) is 24.3 Å². The molecule has 2 fully saturated rings. The van der Waals surface area contributed by atoms with Gasteiger partial charge in [0, 0.05) is 12.1 Å². The Kier molecular flexibility index (Phi) is 4.65. The molecule has 0 spiro atoms. The second-order valence-corrected chi connectivity index (χ2v) is 6.75. The summed E-state index contributed by atoms with van der Waals surface area (Å²) in [6.45, 7) is 2.40. The summed E-state index contributed by atoms with van der Waals surface area (Å²) < 4.78 is 18.4. The molecule has 2 aliphatic carbocycles. The summed E-state index contributed by atoms with van der Waals surface area (Å²) in [6.07, 6.45) is 5.64. The highest BCUT2D eigenvalue weighted by atomic mass is 19.1. The maximum absolute atomic E-state index is 13.0. The van der Waals surface area contributed by atoms with Crippen LogP contribution in [0.2, 0.25) is 0 Å². The number of carbonyl (C=O) groups is 1. The summed E-state index contributed by atoms with van der Waals surface area (Å²) in [7, 11) is 0. The molecule has 0 radical (unpaired) electrons. The number of benzene rings is 1. The van der Waals surface area contributed by atoms with E-state index in [2.05, 4.69) is 12.2 Å². The third-order valence-corrected chi connectivity index (χ3v) is 5.22. The van der Waals surface area contributed by atoms with Crippen LogP contribution in [0, 0.1) is 23.6 Å². The number of hydrogen-bond donors (Lipinski definition) is 1. The molecular weight excluding hydrogens is 281 g/mol. The van der Waals surface area contributed by atoms with Crippen molar-refractivity contribution in [2.45, 2.75) is 45.1 Å². The van der Waals surface area contributed by atoms with Gasteiger partial charge < -0.3 is 10.1 Å². The minimum atomic E-state index is -0.327. The maximum Gasteiger partial charge on any atom is 0.223 e. The predicted molar refractivity (Wildman–Crippen MR) is 83.1 cm³/mol. The molecule has 1 aromatic carbocycles. The van der Waals surface area contributed by atoms with Crippen molar-refractivity contribution in [3.8, 4) is 5.75 Å². The van der Waals surface area contributed by atoms with Crippen LogP contribution in [0.1, 0.15) is 39.0 Å². The van der Waals surface area contributed by atoms with Crippen LogP contribution in [0.4, 0.5) is 4.39 Å². The van der Waals surface area contributed by atoms with Gasteiger partial charge in [0.25, 0.3) is 0 Å². The van der Waals surface area contributed by atoms with Gasteiger partial charge in [-0.3, -0.25) is 4.79 Å². The quantitative estimate of drug-likeness (QED) is 0.873. The zero-order chi connectivity index (χ0) is 15.5. The molecule has 3 rings (SSSR count). The van der Waals surface area contributed by atoms with Crippen molar-refractivity contribution < 1.29 is 13.9 Å². The van der Waals surface area contributed by atoms with Crippen molar-refractivity contribution >= 4 is 5.91 Å². The van der Waals surface area contributed by atoms with Gasteiger partial charge in [0.2, 0.25) is 5.91 Å². The highest BCUT2D eigenvalue weighted by Gasteiger charge is 2.42. The van der Waals surface area contributed by atoms with Crippen molar-refractivity contribution in [2.75, 3.05) is 6.61 Å². The summed E-state index contributed by atoms with van der Waals surface area (Å²) in [6, 6.07) is 6.24. The fraction of sp³-hybridized carbons (Fsp3) is 0.611. The molecule has 0 unspecified atom stereocenters. The lowest BCUT2D eigenvalue weighted by Gasteiger charge is -2.28. The molecule has 0 aliphatic heterocycles. The van der Waals surface area contributed by atoms with Crippen LogP contribution < -0.4 is 10.1 Å². The molecule has 0 saturated heterocycles. The Hall–Kier alpha value is -1.58. The Balaban J connectivity index is 1.39. The van der Waals surface area contributed by atoms with Gasteiger partial charge in [-0.15, -0.1) is 0 Å². The minimum Gasteiger partial charge on any atom is -0.493 e. The molecule has 2 saturated carbocycles. The van der Waals surface area contributed by atoms with Crippen molar-refractivity contribution in [3.05, 3.63) is 30.1 Å². The summed E-state index contributed by atoms with van der Waals surface area (Å²) in [5.41, 5.74) is 0. The first-order chi connectivity index (χ1) is 10.6. The van der Waals surface area contributed by atoms with Crippen LogP contribution in [-0.4, -0.2) is 18.6 Å². The van der Waals surface area contributed by atoms with Crippen LogP contribution in [0.3, 0.4) is 0 Å². The Morgan fingerprint density at radius 1 is 1.41 bits per heavy atom. The van der Waals surface area contributed by atoms with E-state index in [-0.39, 0.29) is 24.4 Å². The summed E-state index contributed by atoms with van der Waals surface area (Å²) in [4.78, 5) is 12.0. The number of rotatable bonds is 6. The molecule has 4 heteroatoms. The van der Waals surface area contributed by atoms with Gasteiger partial charge in [0.15, 0.2) is 0 Å². The number of hydrogen-bond acceptors (Lipinski definition) is 2. The van der Waals surface area contributed by atoms with E-state index in [0.29, 0.717) is 18.1 Å². The zero-order valence-electron chi connectivity index (χ0n) is 13.1. The normalized spacial score (nSPS) is 27.6. The lowest BCUT2D eigenvalue weighted by Crippen LogP contribution is -2.40. The van der Waals surface area contributed by atoms with E-state index < -0.39 is 0 Å². The number of amides is 1. The molecule has 1 N–H and O–H groups in total.